The molecule has 0 unspecified atom stereocenters. The number of hydrogen-bond donors (Lipinski definition) is 0. The molecule has 1 amide bonds. The Morgan fingerprint density at radius 3 is 2.92 bits per heavy atom. The Bertz CT molecular complexity index is 1500. The third kappa shape index (κ3) is 5.82. The average Bonchev–Trinajstić information content (AvgIpc) is 3.61. The van der Waals surface area contributed by atoms with Crippen molar-refractivity contribution in [2.75, 3.05) is 18.1 Å². The number of tetrazole rings is 1. The van der Waals surface area contributed by atoms with Crippen LogP contribution in [0.1, 0.15) is 48.2 Å². The predicted molar refractivity (Wildman–Crippen MR) is 146 cm³/mol. The van der Waals surface area contributed by atoms with Crippen LogP contribution in [0.2, 0.25) is 0 Å². The van der Waals surface area contributed by atoms with E-state index in [2.05, 4.69) is 52.7 Å². The van der Waals surface area contributed by atoms with Gasteiger partial charge in [0, 0.05) is 30.4 Å². The van der Waals surface area contributed by atoms with Crippen molar-refractivity contribution in [1.82, 2.24) is 30.0 Å². The van der Waals surface area contributed by atoms with Crippen molar-refractivity contribution in [3.05, 3.63) is 71.3 Å². The largest absolute Gasteiger partial charge is 0.493 e. The molecule has 0 aliphatic carbocycles. The molecule has 0 spiro atoms. The monoisotopic (exact) mass is 524 g/mol. The van der Waals surface area contributed by atoms with Crippen LogP contribution in [-0.4, -0.2) is 49.0 Å². The zero-order valence-corrected chi connectivity index (χ0v) is 22.4. The number of anilines is 1. The lowest BCUT2D eigenvalue weighted by atomic mass is 9.93. The smallest absolute Gasteiger partial charge is 0.227 e. The molecule has 10 nitrogen and oxygen atoms in total. The van der Waals surface area contributed by atoms with Gasteiger partial charge in [0.2, 0.25) is 5.91 Å². The summed E-state index contributed by atoms with van der Waals surface area (Å²) >= 11 is 0. The highest BCUT2D eigenvalue weighted by molar-refractivity contribution is 5.96. The average molecular weight is 525 g/mol. The zero-order valence-electron chi connectivity index (χ0n) is 22.4. The summed E-state index contributed by atoms with van der Waals surface area (Å²) in [6, 6.07) is 14.3. The fraction of sp³-hybridized carbons (Fsp3) is 0.379. The van der Waals surface area contributed by atoms with E-state index in [4.69, 9.17) is 10.00 Å². The van der Waals surface area contributed by atoms with E-state index in [1.165, 1.54) is 11.1 Å². The molecule has 10 heteroatoms. The number of amides is 1. The lowest BCUT2D eigenvalue weighted by Gasteiger charge is -2.31. The van der Waals surface area contributed by atoms with Crippen LogP contribution in [-0.2, 0) is 24.3 Å². The topological polar surface area (TPSA) is 115 Å². The van der Waals surface area contributed by atoms with Crippen molar-refractivity contribution >= 4 is 11.6 Å². The lowest BCUT2D eigenvalue weighted by molar-refractivity contribution is -0.118. The highest BCUT2D eigenvalue weighted by atomic mass is 16.5. The molecule has 0 radical (unpaired) electrons. The Morgan fingerprint density at radius 2 is 2.05 bits per heavy atom. The minimum Gasteiger partial charge on any atom is -0.493 e. The van der Waals surface area contributed by atoms with Crippen molar-refractivity contribution in [1.29, 1.82) is 5.26 Å². The van der Waals surface area contributed by atoms with E-state index in [1.54, 1.807) is 9.36 Å². The first-order chi connectivity index (χ1) is 19.0. The van der Waals surface area contributed by atoms with Gasteiger partial charge in [-0.15, -0.1) is 5.10 Å². The zero-order chi connectivity index (χ0) is 27.2. The van der Waals surface area contributed by atoms with Gasteiger partial charge in [0.15, 0.2) is 5.82 Å². The summed E-state index contributed by atoms with van der Waals surface area (Å²) in [5, 5.41) is 25.2. The quantitative estimate of drug-likeness (QED) is 0.285. The van der Waals surface area contributed by atoms with Gasteiger partial charge in [0.1, 0.15) is 12.3 Å². The van der Waals surface area contributed by atoms with Gasteiger partial charge in [-0.3, -0.25) is 9.48 Å². The van der Waals surface area contributed by atoms with Gasteiger partial charge in [-0.1, -0.05) is 24.3 Å². The van der Waals surface area contributed by atoms with E-state index in [0.29, 0.717) is 44.8 Å². The molecular weight excluding hydrogens is 492 g/mol. The van der Waals surface area contributed by atoms with Gasteiger partial charge in [0.25, 0.3) is 0 Å². The van der Waals surface area contributed by atoms with Gasteiger partial charge in [-0.05, 0) is 77.9 Å². The third-order valence-electron chi connectivity index (χ3n) is 7.19. The van der Waals surface area contributed by atoms with Crippen molar-refractivity contribution in [3.8, 4) is 22.9 Å². The van der Waals surface area contributed by atoms with Gasteiger partial charge in [-0.2, -0.15) is 10.4 Å². The van der Waals surface area contributed by atoms with Gasteiger partial charge < -0.3 is 9.64 Å². The molecule has 2 aromatic carbocycles. The molecule has 4 aromatic rings. The minimum absolute atomic E-state index is 0.123. The lowest BCUT2D eigenvalue weighted by Crippen LogP contribution is -2.35. The molecule has 3 heterocycles. The van der Waals surface area contributed by atoms with Crippen LogP contribution in [0, 0.1) is 25.2 Å². The number of carbonyl (C=O) groups is 1. The van der Waals surface area contributed by atoms with Crippen LogP contribution in [0.5, 0.6) is 5.75 Å². The van der Waals surface area contributed by atoms with Gasteiger partial charge in [0.05, 0.1) is 31.8 Å². The number of nitrogens with zero attached hydrogens (tertiary/aromatic N) is 8. The van der Waals surface area contributed by atoms with Crippen LogP contribution >= 0.6 is 0 Å². The first-order valence-electron chi connectivity index (χ1n) is 13.3. The predicted octanol–water partition coefficient (Wildman–Crippen LogP) is 4.25. The van der Waals surface area contributed by atoms with E-state index >= 15 is 0 Å². The van der Waals surface area contributed by atoms with Crippen LogP contribution in [0.15, 0.2) is 48.8 Å². The highest BCUT2D eigenvalue weighted by Gasteiger charge is 2.25. The van der Waals surface area contributed by atoms with Crippen LogP contribution in [0.4, 0.5) is 5.69 Å². The van der Waals surface area contributed by atoms with E-state index in [9.17, 15) is 4.79 Å². The molecule has 2 aromatic heterocycles. The van der Waals surface area contributed by atoms with Gasteiger partial charge in [-0.25, -0.2) is 4.68 Å². The molecule has 0 atom stereocenters. The fourth-order valence-electron chi connectivity index (χ4n) is 4.98. The molecule has 39 heavy (non-hydrogen) atoms. The van der Waals surface area contributed by atoms with Crippen LogP contribution in [0.3, 0.4) is 0 Å². The summed E-state index contributed by atoms with van der Waals surface area (Å²) in [5.41, 5.74) is 6.56. The normalized spacial score (nSPS) is 12.7. The molecule has 0 saturated carbocycles. The van der Waals surface area contributed by atoms with E-state index in [1.807, 2.05) is 41.6 Å². The Balaban J connectivity index is 1.25. The molecule has 200 valence electrons. The van der Waals surface area contributed by atoms with E-state index in [0.717, 1.165) is 47.5 Å². The summed E-state index contributed by atoms with van der Waals surface area (Å²) in [6.07, 6.45) is 7.08. The Hall–Kier alpha value is -4.52. The maximum absolute atomic E-state index is 13.2. The first-order valence-corrected chi connectivity index (χ1v) is 13.3. The molecule has 0 N–H and O–H groups in total. The van der Waals surface area contributed by atoms with Crippen LogP contribution < -0.4 is 9.64 Å². The number of ether oxygens (including phenoxy) is 1. The second kappa shape index (κ2) is 11.9. The summed E-state index contributed by atoms with van der Waals surface area (Å²) in [7, 11) is 0. The Kier molecular flexibility index (Phi) is 7.96. The summed E-state index contributed by atoms with van der Waals surface area (Å²) < 4.78 is 9.39. The number of aromatic nitrogens is 6. The highest BCUT2D eigenvalue weighted by Crippen LogP contribution is 2.35. The number of rotatable bonds is 10. The summed E-state index contributed by atoms with van der Waals surface area (Å²) in [5.74, 6) is 1.65. The Morgan fingerprint density at radius 1 is 1.18 bits per heavy atom. The van der Waals surface area contributed by atoms with Gasteiger partial charge >= 0.3 is 0 Å². The molecule has 0 bridgehead atoms. The third-order valence-corrected chi connectivity index (χ3v) is 7.19. The van der Waals surface area contributed by atoms with Crippen molar-refractivity contribution in [2.45, 2.75) is 59.0 Å². The van der Waals surface area contributed by atoms with Crippen molar-refractivity contribution in [2.24, 2.45) is 0 Å². The van der Waals surface area contributed by atoms with Crippen LogP contribution in [0.25, 0.3) is 11.1 Å². The van der Waals surface area contributed by atoms with E-state index in [-0.39, 0.29) is 5.91 Å². The Labute approximate surface area is 227 Å². The number of carbonyl (C=O) groups excluding carboxylic acids is 1. The first kappa shape index (κ1) is 26.1. The summed E-state index contributed by atoms with van der Waals surface area (Å²) in [6.45, 7) is 6.21. The number of fused-ring (bicyclic) bond motifs is 1. The molecular formula is C29H32N8O2. The molecule has 1 aliphatic rings. The van der Waals surface area contributed by atoms with Crippen molar-refractivity contribution in [3.63, 3.8) is 0 Å². The van der Waals surface area contributed by atoms with Crippen molar-refractivity contribution < 1.29 is 9.53 Å². The SMILES string of the molecule is Cc1cccc(OCCCC(=O)N2CCCc3c(-c4cnn(Cc5nnnn5CCC#N)c4)cccc32)c1C. The fourth-order valence-corrected chi connectivity index (χ4v) is 4.98. The second-order valence-electron chi connectivity index (χ2n) is 9.76. The number of aryl methyl sites for hydroxylation is 2. The maximum atomic E-state index is 13.2. The minimum atomic E-state index is 0.123. The standard InChI is InChI=1S/C29H32N8O2/c1-21-8-3-12-27(22(21)2)39-17-6-13-29(38)36-15-5-10-25-24(9-4-11-26(25)36)23-18-31-35(19-23)20-28-32-33-34-37(28)16-7-14-30/h3-4,8-9,11-12,18-19H,5-7,10,13,15-17,20H2,1-2H3. The number of benzene rings is 2. The summed E-state index contributed by atoms with van der Waals surface area (Å²) in [4.78, 5) is 15.2. The molecule has 1 aliphatic heterocycles. The molecule has 5 rings (SSSR count). The number of hydrogen-bond acceptors (Lipinski definition) is 7. The molecule has 0 fully saturated rings. The van der Waals surface area contributed by atoms with E-state index < -0.39 is 0 Å². The molecule has 0 saturated heterocycles. The second-order valence-corrected chi connectivity index (χ2v) is 9.76. The maximum Gasteiger partial charge on any atom is 0.227 e. The number of nitriles is 1.